The standard InChI is InChI=1S/C17H17ClN2O3/c1-11-7-8-13(12(2)9-11)17(22)20-19-16(21)10-23-15-6-4-3-5-14(15)18/h3-9H,10H2,1-2H3,(H,19,21)(H,20,22). The highest BCUT2D eigenvalue weighted by atomic mass is 35.5. The molecule has 0 aliphatic carbocycles. The Morgan fingerprint density at radius 2 is 1.83 bits per heavy atom. The Labute approximate surface area is 139 Å². The lowest BCUT2D eigenvalue weighted by atomic mass is 10.1. The minimum Gasteiger partial charge on any atom is -0.482 e. The quantitative estimate of drug-likeness (QED) is 0.846. The molecule has 5 nitrogen and oxygen atoms in total. The van der Waals surface area contributed by atoms with Gasteiger partial charge in [0.1, 0.15) is 5.75 Å². The van der Waals surface area contributed by atoms with Gasteiger partial charge < -0.3 is 4.74 Å². The molecule has 0 radical (unpaired) electrons. The highest BCUT2D eigenvalue weighted by molar-refractivity contribution is 6.32. The SMILES string of the molecule is Cc1ccc(C(=O)NNC(=O)COc2ccccc2Cl)c(C)c1. The van der Waals surface area contributed by atoms with Gasteiger partial charge in [0, 0.05) is 5.56 Å². The summed E-state index contributed by atoms with van der Waals surface area (Å²) in [6, 6.07) is 12.3. The molecular weight excluding hydrogens is 316 g/mol. The van der Waals surface area contributed by atoms with Crippen LogP contribution in [-0.2, 0) is 4.79 Å². The maximum absolute atomic E-state index is 12.0. The summed E-state index contributed by atoms with van der Waals surface area (Å²) in [5.41, 5.74) is 7.07. The van der Waals surface area contributed by atoms with Crippen LogP contribution < -0.4 is 15.6 Å². The van der Waals surface area contributed by atoms with Crippen LogP contribution >= 0.6 is 11.6 Å². The Bertz CT molecular complexity index is 732. The van der Waals surface area contributed by atoms with Crippen LogP contribution in [0.5, 0.6) is 5.75 Å². The molecule has 0 heterocycles. The second-order valence-corrected chi connectivity index (χ2v) is 5.45. The number of carbonyl (C=O) groups is 2. The second-order valence-electron chi connectivity index (χ2n) is 5.04. The Balaban J connectivity index is 1.84. The third kappa shape index (κ3) is 4.72. The molecule has 0 aliphatic rings. The summed E-state index contributed by atoms with van der Waals surface area (Å²) >= 11 is 5.92. The molecule has 0 unspecified atom stereocenters. The van der Waals surface area contributed by atoms with Crippen molar-refractivity contribution in [1.29, 1.82) is 0 Å². The van der Waals surface area contributed by atoms with Crippen LogP contribution in [0.25, 0.3) is 0 Å². The largest absolute Gasteiger partial charge is 0.482 e. The summed E-state index contributed by atoms with van der Waals surface area (Å²) in [6.45, 7) is 3.53. The van der Waals surface area contributed by atoms with Crippen molar-refractivity contribution in [1.82, 2.24) is 10.9 Å². The van der Waals surface area contributed by atoms with E-state index in [1.54, 1.807) is 30.3 Å². The van der Waals surface area contributed by atoms with Crippen molar-refractivity contribution in [2.45, 2.75) is 13.8 Å². The van der Waals surface area contributed by atoms with Crippen LogP contribution in [0, 0.1) is 13.8 Å². The molecule has 0 spiro atoms. The van der Waals surface area contributed by atoms with Gasteiger partial charge in [-0.1, -0.05) is 41.4 Å². The van der Waals surface area contributed by atoms with E-state index >= 15 is 0 Å². The van der Waals surface area contributed by atoms with Crippen molar-refractivity contribution in [3.8, 4) is 5.75 Å². The third-order valence-corrected chi connectivity index (χ3v) is 3.45. The molecule has 0 saturated heterocycles. The molecule has 2 N–H and O–H groups in total. The molecule has 0 atom stereocenters. The Morgan fingerprint density at radius 1 is 1.09 bits per heavy atom. The first-order valence-corrected chi connectivity index (χ1v) is 7.39. The number of benzene rings is 2. The fourth-order valence-corrected chi connectivity index (χ4v) is 2.19. The van der Waals surface area contributed by atoms with Gasteiger partial charge in [-0.2, -0.15) is 0 Å². The highest BCUT2D eigenvalue weighted by Crippen LogP contribution is 2.22. The molecule has 2 amide bonds. The molecule has 0 aliphatic heterocycles. The lowest BCUT2D eigenvalue weighted by Crippen LogP contribution is -2.44. The second kappa shape index (κ2) is 7.65. The number of nitrogens with one attached hydrogen (secondary N) is 2. The smallest absolute Gasteiger partial charge is 0.276 e. The van der Waals surface area contributed by atoms with Crippen LogP contribution in [0.4, 0.5) is 0 Å². The number of hydrogen-bond donors (Lipinski definition) is 2. The lowest BCUT2D eigenvalue weighted by Gasteiger charge is -2.11. The monoisotopic (exact) mass is 332 g/mol. The van der Waals surface area contributed by atoms with Crippen molar-refractivity contribution in [2.75, 3.05) is 6.61 Å². The van der Waals surface area contributed by atoms with E-state index in [1.165, 1.54) is 0 Å². The molecule has 2 aromatic carbocycles. The van der Waals surface area contributed by atoms with Gasteiger partial charge in [0.25, 0.3) is 11.8 Å². The van der Waals surface area contributed by atoms with Crippen molar-refractivity contribution >= 4 is 23.4 Å². The van der Waals surface area contributed by atoms with Gasteiger partial charge in [0.2, 0.25) is 0 Å². The van der Waals surface area contributed by atoms with Crippen LogP contribution in [-0.4, -0.2) is 18.4 Å². The van der Waals surface area contributed by atoms with Crippen LogP contribution in [0.3, 0.4) is 0 Å². The predicted molar refractivity (Wildman–Crippen MR) is 88.5 cm³/mol. The van der Waals surface area contributed by atoms with Crippen molar-refractivity contribution in [2.24, 2.45) is 0 Å². The lowest BCUT2D eigenvalue weighted by molar-refractivity contribution is -0.123. The fraction of sp³-hybridized carbons (Fsp3) is 0.176. The third-order valence-electron chi connectivity index (χ3n) is 3.14. The molecule has 0 bridgehead atoms. The van der Waals surface area contributed by atoms with Gasteiger partial charge in [-0.3, -0.25) is 20.4 Å². The van der Waals surface area contributed by atoms with E-state index in [2.05, 4.69) is 10.9 Å². The van der Waals surface area contributed by atoms with Gasteiger partial charge in [-0.15, -0.1) is 0 Å². The van der Waals surface area contributed by atoms with E-state index in [0.29, 0.717) is 16.3 Å². The van der Waals surface area contributed by atoms with Crippen molar-refractivity contribution in [3.05, 3.63) is 64.2 Å². The molecule has 0 saturated carbocycles. The normalized spacial score (nSPS) is 10.0. The Kier molecular flexibility index (Phi) is 5.60. The first-order chi connectivity index (χ1) is 11.0. The van der Waals surface area contributed by atoms with Gasteiger partial charge >= 0.3 is 0 Å². The summed E-state index contributed by atoms with van der Waals surface area (Å²) in [5.74, 6) is -0.457. The molecular formula is C17H17ClN2O3. The van der Waals surface area contributed by atoms with E-state index in [4.69, 9.17) is 16.3 Å². The molecule has 6 heteroatoms. The number of ether oxygens (including phenoxy) is 1. The maximum Gasteiger partial charge on any atom is 0.276 e. The first-order valence-electron chi connectivity index (χ1n) is 7.01. The molecule has 2 rings (SSSR count). The number of rotatable bonds is 4. The molecule has 120 valence electrons. The highest BCUT2D eigenvalue weighted by Gasteiger charge is 2.11. The molecule has 23 heavy (non-hydrogen) atoms. The minimum atomic E-state index is -0.483. The van der Waals surface area contributed by atoms with E-state index in [1.807, 2.05) is 26.0 Å². The van der Waals surface area contributed by atoms with Crippen LogP contribution in [0.2, 0.25) is 5.02 Å². The van der Waals surface area contributed by atoms with Crippen molar-refractivity contribution < 1.29 is 14.3 Å². The Hall–Kier alpha value is -2.53. The zero-order valence-electron chi connectivity index (χ0n) is 12.9. The summed E-state index contributed by atoms with van der Waals surface area (Å²) in [6.07, 6.45) is 0. The molecule has 0 fully saturated rings. The minimum absolute atomic E-state index is 0.253. The van der Waals surface area contributed by atoms with Crippen LogP contribution in [0.15, 0.2) is 42.5 Å². The van der Waals surface area contributed by atoms with E-state index in [9.17, 15) is 9.59 Å². The topological polar surface area (TPSA) is 67.4 Å². The summed E-state index contributed by atoms with van der Waals surface area (Å²) < 4.78 is 5.28. The summed E-state index contributed by atoms with van der Waals surface area (Å²) in [5, 5.41) is 0.416. The fourth-order valence-electron chi connectivity index (χ4n) is 2.00. The average Bonchev–Trinajstić information content (AvgIpc) is 2.52. The van der Waals surface area contributed by atoms with Gasteiger partial charge in [0.05, 0.1) is 5.02 Å². The number of amides is 2. The Morgan fingerprint density at radius 3 is 2.52 bits per heavy atom. The maximum atomic E-state index is 12.0. The van der Waals surface area contributed by atoms with Crippen LogP contribution in [0.1, 0.15) is 21.5 Å². The van der Waals surface area contributed by atoms with Gasteiger partial charge in [0.15, 0.2) is 6.61 Å². The molecule has 2 aromatic rings. The number of para-hydroxylation sites is 1. The number of hydrogen-bond acceptors (Lipinski definition) is 3. The van der Waals surface area contributed by atoms with E-state index in [0.717, 1.165) is 11.1 Å². The summed E-state index contributed by atoms with van der Waals surface area (Å²) in [4.78, 5) is 23.7. The first kappa shape index (κ1) is 16.8. The number of hydrazine groups is 1. The number of halogens is 1. The number of aryl methyl sites for hydroxylation is 2. The summed E-state index contributed by atoms with van der Waals surface area (Å²) in [7, 11) is 0. The van der Waals surface area contributed by atoms with Crippen molar-refractivity contribution in [3.63, 3.8) is 0 Å². The van der Waals surface area contributed by atoms with Gasteiger partial charge in [-0.25, -0.2) is 0 Å². The zero-order valence-corrected chi connectivity index (χ0v) is 13.6. The molecule has 0 aromatic heterocycles. The number of carbonyl (C=O) groups excluding carboxylic acids is 2. The zero-order chi connectivity index (χ0) is 16.8. The average molecular weight is 333 g/mol. The van der Waals surface area contributed by atoms with Gasteiger partial charge in [-0.05, 0) is 37.6 Å². The predicted octanol–water partition coefficient (Wildman–Crippen LogP) is 2.80. The van der Waals surface area contributed by atoms with E-state index < -0.39 is 5.91 Å². The van der Waals surface area contributed by atoms with E-state index in [-0.39, 0.29) is 12.5 Å².